The highest BCUT2D eigenvalue weighted by Crippen LogP contribution is 2.41. The molecule has 3 aliphatic rings. The van der Waals surface area contributed by atoms with E-state index in [9.17, 15) is 35.6 Å². The fraction of sp³-hybridized carbons (Fsp3) is 0.348. The van der Waals surface area contributed by atoms with Gasteiger partial charge in [-0.25, -0.2) is 26.0 Å². The molecule has 13 heteroatoms. The minimum atomic E-state index is -3.77. The molecule has 0 aromatic heterocycles. The predicted octanol–water partition coefficient (Wildman–Crippen LogP) is 1.35. The first-order valence-corrected chi connectivity index (χ1v) is 14.5. The zero-order valence-electron chi connectivity index (χ0n) is 19.2. The lowest BCUT2D eigenvalue weighted by atomic mass is 9.86. The summed E-state index contributed by atoms with van der Waals surface area (Å²) in [5.74, 6) is -2.64. The third kappa shape index (κ3) is 3.60. The smallest absolute Gasteiger partial charge is 0.319 e. The van der Waals surface area contributed by atoms with Crippen molar-refractivity contribution in [2.24, 2.45) is 0 Å². The molecule has 0 aliphatic carbocycles. The van der Waals surface area contributed by atoms with Gasteiger partial charge in [0, 0.05) is 17.7 Å². The Bertz CT molecular complexity index is 1560. The summed E-state index contributed by atoms with van der Waals surface area (Å²) >= 11 is 0. The van der Waals surface area contributed by atoms with E-state index in [2.05, 4.69) is 5.32 Å². The monoisotopic (exact) mass is 535 g/mol. The summed E-state index contributed by atoms with van der Waals surface area (Å²) in [6.45, 7) is 1.20. The molecule has 190 valence electrons. The van der Waals surface area contributed by atoms with E-state index in [1.165, 1.54) is 16.4 Å². The van der Waals surface area contributed by atoms with Crippen molar-refractivity contribution in [3.8, 4) is 0 Å². The molecule has 3 aliphatic heterocycles. The van der Waals surface area contributed by atoms with Crippen molar-refractivity contribution in [2.75, 3.05) is 28.9 Å². The third-order valence-corrected chi connectivity index (χ3v) is 10.5. The zero-order valence-corrected chi connectivity index (χ0v) is 20.8. The number of benzene rings is 2. The molecule has 0 saturated carbocycles. The number of rotatable bonds is 5. The van der Waals surface area contributed by atoms with Crippen molar-refractivity contribution in [2.45, 2.75) is 30.2 Å². The molecule has 3 heterocycles. The topological polar surface area (TPSA) is 138 Å². The second kappa shape index (κ2) is 8.10. The Hall–Kier alpha value is -3.32. The molecule has 1 N–H and O–H groups in total. The number of hydrogen-bond donors (Lipinski definition) is 1. The van der Waals surface area contributed by atoms with Gasteiger partial charge in [-0.05, 0) is 61.7 Å². The number of ketones is 1. The van der Waals surface area contributed by atoms with Crippen LogP contribution in [-0.2, 0) is 36.6 Å². The van der Waals surface area contributed by atoms with Crippen molar-refractivity contribution in [3.05, 3.63) is 58.9 Å². The fourth-order valence-corrected chi connectivity index (χ4v) is 7.78. The Kier molecular flexibility index (Phi) is 5.48. The van der Waals surface area contributed by atoms with Gasteiger partial charge in [0.25, 0.3) is 5.91 Å². The van der Waals surface area contributed by atoms with E-state index in [0.29, 0.717) is 22.6 Å². The van der Waals surface area contributed by atoms with Gasteiger partial charge in [-0.3, -0.25) is 18.8 Å². The van der Waals surface area contributed by atoms with Crippen molar-refractivity contribution in [3.63, 3.8) is 0 Å². The van der Waals surface area contributed by atoms with Gasteiger partial charge >= 0.3 is 6.03 Å². The Balaban J connectivity index is 1.43. The molecule has 3 amide bonds. The second-order valence-corrected chi connectivity index (χ2v) is 13.2. The van der Waals surface area contributed by atoms with Gasteiger partial charge in [0.05, 0.1) is 28.6 Å². The average Bonchev–Trinajstić information content (AvgIpc) is 3.37. The van der Waals surface area contributed by atoms with Crippen LogP contribution in [0, 0.1) is 5.82 Å². The number of carbonyl (C=O) groups excluding carboxylic acids is 3. The van der Waals surface area contributed by atoms with Crippen LogP contribution in [-0.4, -0.2) is 64.1 Å². The normalized spacial score (nSPS) is 22.5. The number of hydrogen-bond acceptors (Lipinski definition) is 7. The van der Waals surface area contributed by atoms with Gasteiger partial charge in [0.15, 0.2) is 15.6 Å². The predicted molar refractivity (Wildman–Crippen MR) is 126 cm³/mol. The van der Waals surface area contributed by atoms with Gasteiger partial charge in [-0.2, -0.15) is 0 Å². The van der Waals surface area contributed by atoms with E-state index in [4.69, 9.17) is 0 Å². The van der Waals surface area contributed by atoms with E-state index in [1.54, 1.807) is 13.0 Å². The number of nitrogens with zero attached hydrogens (tertiary/aromatic N) is 2. The number of fused-ring (bicyclic) bond motifs is 3. The van der Waals surface area contributed by atoms with Crippen LogP contribution in [0.1, 0.15) is 34.8 Å². The highest BCUT2D eigenvalue weighted by atomic mass is 32.2. The zero-order chi connectivity index (χ0) is 26.0. The Morgan fingerprint density at radius 1 is 1.17 bits per heavy atom. The van der Waals surface area contributed by atoms with E-state index in [-0.39, 0.29) is 34.7 Å². The molecule has 1 saturated heterocycles. The molecule has 2 aromatic rings. The molecule has 0 radical (unpaired) electrons. The molecular formula is C23H22FN3O7S2. The number of anilines is 1. The number of imide groups is 1. The summed E-state index contributed by atoms with van der Waals surface area (Å²) in [5, 5.41) is 2.50. The van der Waals surface area contributed by atoms with Crippen molar-refractivity contribution < 1.29 is 35.6 Å². The number of sulfonamides is 1. The number of nitrogens with one attached hydrogen (secondary N) is 1. The average molecular weight is 536 g/mol. The van der Waals surface area contributed by atoms with Crippen LogP contribution in [0.4, 0.5) is 14.9 Å². The van der Waals surface area contributed by atoms with Crippen LogP contribution < -0.4 is 9.62 Å². The first-order valence-electron chi connectivity index (χ1n) is 11.2. The molecule has 1 spiro atoms. The van der Waals surface area contributed by atoms with E-state index in [0.717, 1.165) is 18.2 Å². The molecule has 10 nitrogen and oxygen atoms in total. The quantitative estimate of drug-likeness (QED) is 0.346. The fourth-order valence-electron chi connectivity index (χ4n) is 4.99. The van der Waals surface area contributed by atoms with Crippen molar-refractivity contribution >= 4 is 43.3 Å². The molecule has 1 atom stereocenters. The molecular weight excluding hydrogens is 513 g/mol. The summed E-state index contributed by atoms with van der Waals surface area (Å²) in [6.07, 6.45) is 0.125. The number of Topliss-reactive ketones (excluding diaryl/α,β-unsaturated/α-hetero) is 1. The standard InChI is InChI=1S/C23H22FN3O7S2/c1-2-36(33,34)27-9-7-14-11-15(3-5-18(14)27)19(28)13-26-21(29)23(25-22(26)30)8-10-35(31,32)20-6-4-16(24)12-17(20)23/h3-6,11-12H,2,7-10,13H2,1H3,(H,25,30)/t23-/m1/s1. The molecule has 1 fully saturated rings. The first-order chi connectivity index (χ1) is 16.9. The molecule has 5 rings (SSSR count). The van der Waals surface area contributed by atoms with Gasteiger partial charge < -0.3 is 5.32 Å². The third-order valence-electron chi connectivity index (χ3n) is 6.91. The van der Waals surface area contributed by atoms with Crippen molar-refractivity contribution in [1.29, 1.82) is 0 Å². The molecule has 36 heavy (non-hydrogen) atoms. The Morgan fingerprint density at radius 2 is 1.92 bits per heavy atom. The van der Waals surface area contributed by atoms with Crippen LogP contribution in [0.25, 0.3) is 0 Å². The molecule has 2 aromatic carbocycles. The van der Waals surface area contributed by atoms with E-state index >= 15 is 0 Å². The first kappa shape index (κ1) is 24.4. The maximum atomic E-state index is 14.0. The maximum Gasteiger partial charge on any atom is 0.325 e. The molecule has 0 unspecified atom stereocenters. The lowest BCUT2D eigenvalue weighted by Gasteiger charge is -2.32. The minimum Gasteiger partial charge on any atom is -0.319 e. The largest absolute Gasteiger partial charge is 0.325 e. The minimum absolute atomic E-state index is 0.0601. The van der Waals surface area contributed by atoms with Crippen LogP contribution >= 0.6 is 0 Å². The lowest BCUT2D eigenvalue weighted by Crippen LogP contribution is -2.49. The highest BCUT2D eigenvalue weighted by molar-refractivity contribution is 7.92. The summed E-state index contributed by atoms with van der Waals surface area (Å²) in [6, 6.07) is 6.60. The van der Waals surface area contributed by atoms with Gasteiger partial charge in [-0.1, -0.05) is 0 Å². The van der Waals surface area contributed by atoms with Crippen LogP contribution in [0.2, 0.25) is 0 Å². The summed E-state index contributed by atoms with van der Waals surface area (Å²) in [7, 11) is -7.23. The summed E-state index contributed by atoms with van der Waals surface area (Å²) < 4.78 is 64.9. The van der Waals surface area contributed by atoms with E-state index < -0.39 is 61.2 Å². The lowest BCUT2D eigenvalue weighted by molar-refractivity contribution is -0.131. The highest BCUT2D eigenvalue weighted by Gasteiger charge is 2.56. The number of carbonyl (C=O) groups is 3. The van der Waals surface area contributed by atoms with Crippen molar-refractivity contribution in [1.82, 2.24) is 10.2 Å². The Labute approximate surface area is 207 Å². The molecule has 0 bridgehead atoms. The van der Waals surface area contributed by atoms with Crippen LogP contribution in [0.5, 0.6) is 0 Å². The van der Waals surface area contributed by atoms with Gasteiger partial charge in [0.2, 0.25) is 10.0 Å². The van der Waals surface area contributed by atoms with Gasteiger partial charge in [-0.15, -0.1) is 0 Å². The summed E-state index contributed by atoms with van der Waals surface area (Å²) in [5.41, 5.74) is -0.592. The van der Waals surface area contributed by atoms with Crippen LogP contribution in [0.15, 0.2) is 41.3 Å². The summed E-state index contributed by atoms with van der Waals surface area (Å²) in [4.78, 5) is 39.7. The van der Waals surface area contributed by atoms with Crippen LogP contribution in [0.3, 0.4) is 0 Å². The number of sulfone groups is 1. The SMILES string of the molecule is CCS(=O)(=O)N1CCc2cc(C(=O)CN3C(=O)N[C@@]4(CCS(=O)(=O)c5ccc(F)cc54)C3=O)ccc21. The van der Waals surface area contributed by atoms with Gasteiger partial charge in [0.1, 0.15) is 11.4 Å². The number of halogens is 1. The van der Waals surface area contributed by atoms with E-state index in [1.807, 2.05) is 0 Å². The second-order valence-electron chi connectivity index (χ2n) is 8.93. The number of amides is 3. The maximum absolute atomic E-state index is 14.0. The Morgan fingerprint density at radius 3 is 2.64 bits per heavy atom. The number of urea groups is 1.